The molecule has 2 N–H and O–H groups in total. The maximum atomic E-state index is 12.5. The molecule has 3 rings (SSSR count). The van der Waals surface area contributed by atoms with Gasteiger partial charge in [-0.25, -0.2) is 0 Å². The van der Waals surface area contributed by atoms with Crippen molar-refractivity contribution in [3.8, 4) is 5.75 Å². The summed E-state index contributed by atoms with van der Waals surface area (Å²) < 4.78 is 5.83. The predicted octanol–water partition coefficient (Wildman–Crippen LogP) is 2.33. The van der Waals surface area contributed by atoms with Gasteiger partial charge in [0.15, 0.2) is 6.10 Å². The van der Waals surface area contributed by atoms with Gasteiger partial charge in [-0.3, -0.25) is 9.59 Å². The summed E-state index contributed by atoms with van der Waals surface area (Å²) in [5.41, 5.74) is 5.33. The number of hydrogen-bond donors (Lipinski definition) is 1. The van der Waals surface area contributed by atoms with Gasteiger partial charge in [0.2, 0.25) is 5.91 Å². The molecule has 126 valence electrons. The van der Waals surface area contributed by atoms with Gasteiger partial charge < -0.3 is 15.4 Å². The molecule has 1 aliphatic rings. The van der Waals surface area contributed by atoms with E-state index in [4.69, 9.17) is 10.5 Å². The lowest BCUT2D eigenvalue weighted by Gasteiger charge is -2.32. The molecule has 0 bridgehead atoms. The highest BCUT2D eigenvalue weighted by Crippen LogP contribution is 2.23. The van der Waals surface area contributed by atoms with Crippen LogP contribution in [0.3, 0.4) is 0 Å². The summed E-state index contributed by atoms with van der Waals surface area (Å²) in [6.07, 6.45) is 0.698. The van der Waals surface area contributed by atoms with E-state index in [1.807, 2.05) is 42.5 Å². The summed E-state index contributed by atoms with van der Waals surface area (Å²) in [6.45, 7) is 2.87. The largest absolute Gasteiger partial charge is 0.481 e. The van der Waals surface area contributed by atoms with Crippen LogP contribution in [-0.2, 0) is 9.59 Å². The number of ether oxygens (including phenoxy) is 1. The second-order valence-electron chi connectivity index (χ2n) is 6.27. The lowest BCUT2D eigenvalue weighted by atomic mass is 9.96. The van der Waals surface area contributed by atoms with Gasteiger partial charge in [0.25, 0.3) is 5.91 Å². The predicted molar refractivity (Wildman–Crippen MR) is 92.5 cm³/mol. The maximum absolute atomic E-state index is 12.5. The first-order valence-corrected chi connectivity index (χ1v) is 8.28. The average molecular weight is 326 g/mol. The van der Waals surface area contributed by atoms with Crippen molar-refractivity contribution < 1.29 is 14.3 Å². The Kier molecular flexibility index (Phi) is 4.69. The van der Waals surface area contributed by atoms with Gasteiger partial charge in [-0.1, -0.05) is 30.3 Å². The SMILES string of the molecule is C[C@H](Oc1ccc2ccccc2c1)C(=O)N1CCC(C(N)=O)CC1. The molecular weight excluding hydrogens is 304 g/mol. The average Bonchev–Trinajstić information content (AvgIpc) is 2.61. The first kappa shape index (κ1) is 16.3. The van der Waals surface area contributed by atoms with Crippen LogP contribution in [0.15, 0.2) is 42.5 Å². The lowest BCUT2D eigenvalue weighted by molar-refractivity contribution is -0.140. The summed E-state index contributed by atoms with van der Waals surface area (Å²) in [7, 11) is 0. The molecule has 0 aliphatic carbocycles. The molecule has 1 fully saturated rings. The van der Waals surface area contributed by atoms with E-state index in [0.717, 1.165) is 10.8 Å². The number of carbonyl (C=O) groups is 2. The van der Waals surface area contributed by atoms with Gasteiger partial charge in [-0.15, -0.1) is 0 Å². The molecule has 2 aromatic rings. The molecule has 0 aromatic heterocycles. The summed E-state index contributed by atoms with van der Waals surface area (Å²) >= 11 is 0. The Morgan fingerprint density at radius 2 is 1.79 bits per heavy atom. The van der Waals surface area contributed by atoms with E-state index in [-0.39, 0.29) is 17.7 Å². The number of benzene rings is 2. The van der Waals surface area contributed by atoms with Crippen LogP contribution in [0.4, 0.5) is 0 Å². The molecule has 1 atom stereocenters. The van der Waals surface area contributed by atoms with Crippen molar-refractivity contribution in [1.82, 2.24) is 4.90 Å². The summed E-state index contributed by atoms with van der Waals surface area (Å²) in [6, 6.07) is 13.8. The molecule has 0 saturated carbocycles. The molecule has 1 heterocycles. The van der Waals surface area contributed by atoms with E-state index in [1.165, 1.54) is 0 Å². The van der Waals surface area contributed by atoms with Gasteiger partial charge in [0.05, 0.1) is 0 Å². The van der Waals surface area contributed by atoms with E-state index in [2.05, 4.69) is 0 Å². The number of piperidine rings is 1. The third-order valence-corrected chi connectivity index (χ3v) is 4.59. The van der Waals surface area contributed by atoms with E-state index in [1.54, 1.807) is 11.8 Å². The van der Waals surface area contributed by atoms with Crippen molar-refractivity contribution in [2.24, 2.45) is 11.7 Å². The highest BCUT2D eigenvalue weighted by Gasteiger charge is 2.29. The van der Waals surface area contributed by atoms with E-state index in [0.29, 0.717) is 31.7 Å². The fraction of sp³-hybridized carbons (Fsp3) is 0.368. The number of primary amides is 1. The molecule has 1 saturated heterocycles. The van der Waals surface area contributed by atoms with Crippen molar-refractivity contribution in [2.45, 2.75) is 25.9 Å². The molecular formula is C19H22N2O3. The monoisotopic (exact) mass is 326 g/mol. The number of nitrogens with zero attached hydrogens (tertiary/aromatic N) is 1. The van der Waals surface area contributed by atoms with Gasteiger partial charge in [-0.05, 0) is 42.7 Å². The molecule has 1 aliphatic heterocycles. The van der Waals surface area contributed by atoms with Crippen LogP contribution in [0.25, 0.3) is 10.8 Å². The second-order valence-corrected chi connectivity index (χ2v) is 6.27. The minimum atomic E-state index is -0.559. The number of carbonyl (C=O) groups excluding carboxylic acids is 2. The summed E-state index contributed by atoms with van der Waals surface area (Å²) in [5, 5.41) is 2.22. The maximum Gasteiger partial charge on any atom is 0.263 e. The van der Waals surface area contributed by atoms with Crippen LogP contribution < -0.4 is 10.5 Å². The molecule has 0 radical (unpaired) electrons. The number of likely N-dealkylation sites (tertiary alicyclic amines) is 1. The lowest BCUT2D eigenvalue weighted by Crippen LogP contribution is -2.46. The molecule has 5 nitrogen and oxygen atoms in total. The van der Waals surface area contributed by atoms with Gasteiger partial charge in [0, 0.05) is 19.0 Å². The van der Waals surface area contributed by atoms with Crippen molar-refractivity contribution in [1.29, 1.82) is 0 Å². The Bertz CT molecular complexity index is 751. The Hall–Kier alpha value is -2.56. The number of rotatable bonds is 4. The number of nitrogens with two attached hydrogens (primary N) is 1. The standard InChI is InChI=1S/C19H22N2O3/c1-13(19(23)21-10-8-15(9-11-21)18(20)22)24-17-7-6-14-4-2-3-5-16(14)12-17/h2-7,12-13,15H,8-11H2,1H3,(H2,20,22)/t13-/m0/s1. The number of amides is 2. The first-order valence-electron chi connectivity index (χ1n) is 8.28. The third kappa shape index (κ3) is 3.50. The first-order chi connectivity index (χ1) is 11.5. The number of fused-ring (bicyclic) bond motifs is 1. The van der Waals surface area contributed by atoms with Crippen molar-refractivity contribution >= 4 is 22.6 Å². The zero-order chi connectivity index (χ0) is 17.1. The van der Waals surface area contributed by atoms with Crippen molar-refractivity contribution in [2.75, 3.05) is 13.1 Å². The van der Waals surface area contributed by atoms with Gasteiger partial charge in [-0.2, -0.15) is 0 Å². The van der Waals surface area contributed by atoms with Crippen molar-refractivity contribution in [3.63, 3.8) is 0 Å². The molecule has 0 spiro atoms. The van der Waals surface area contributed by atoms with Gasteiger partial charge in [0.1, 0.15) is 5.75 Å². The van der Waals surface area contributed by atoms with Crippen molar-refractivity contribution in [3.05, 3.63) is 42.5 Å². The smallest absolute Gasteiger partial charge is 0.263 e. The second kappa shape index (κ2) is 6.91. The molecule has 0 unspecified atom stereocenters. The normalized spacial score (nSPS) is 16.8. The fourth-order valence-electron chi connectivity index (χ4n) is 3.14. The Morgan fingerprint density at radius 3 is 2.46 bits per heavy atom. The van der Waals surface area contributed by atoms with Crippen LogP contribution >= 0.6 is 0 Å². The minimum Gasteiger partial charge on any atom is -0.481 e. The molecule has 24 heavy (non-hydrogen) atoms. The zero-order valence-electron chi connectivity index (χ0n) is 13.8. The highest BCUT2D eigenvalue weighted by molar-refractivity contribution is 5.84. The van der Waals surface area contributed by atoms with E-state index in [9.17, 15) is 9.59 Å². The molecule has 5 heteroatoms. The topological polar surface area (TPSA) is 72.6 Å². The van der Waals surface area contributed by atoms with E-state index < -0.39 is 6.10 Å². The Balaban J connectivity index is 1.62. The van der Waals surface area contributed by atoms with Crippen LogP contribution in [0.2, 0.25) is 0 Å². The van der Waals surface area contributed by atoms with Crippen LogP contribution in [0.1, 0.15) is 19.8 Å². The minimum absolute atomic E-state index is 0.0499. The summed E-state index contributed by atoms with van der Waals surface area (Å²) in [4.78, 5) is 25.5. The quantitative estimate of drug-likeness (QED) is 0.937. The highest BCUT2D eigenvalue weighted by atomic mass is 16.5. The molecule has 2 amide bonds. The Labute approximate surface area is 141 Å². The molecule has 2 aromatic carbocycles. The van der Waals surface area contributed by atoms with Crippen LogP contribution in [0, 0.1) is 5.92 Å². The van der Waals surface area contributed by atoms with E-state index >= 15 is 0 Å². The van der Waals surface area contributed by atoms with Crippen LogP contribution in [-0.4, -0.2) is 35.9 Å². The third-order valence-electron chi connectivity index (χ3n) is 4.59. The Morgan fingerprint density at radius 1 is 1.12 bits per heavy atom. The fourth-order valence-corrected chi connectivity index (χ4v) is 3.14. The van der Waals surface area contributed by atoms with Crippen LogP contribution in [0.5, 0.6) is 5.75 Å². The summed E-state index contributed by atoms with van der Waals surface area (Å²) in [5.74, 6) is 0.237. The van der Waals surface area contributed by atoms with Gasteiger partial charge >= 0.3 is 0 Å². The zero-order valence-corrected chi connectivity index (χ0v) is 13.8. The number of hydrogen-bond acceptors (Lipinski definition) is 3.